The van der Waals surface area contributed by atoms with E-state index in [1.54, 1.807) is 12.1 Å². The van der Waals surface area contributed by atoms with Crippen molar-refractivity contribution in [3.05, 3.63) is 21.2 Å². The van der Waals surface area contributed by atoms with E-state index >= 15 is 0 Å². The quantitative estimate of drug-likeness (QED) is 0.667. The molecule has 70 valence electrons. The Morgan fingerprint density at radius 1 is 0.857 bits per heavy atom. The van der Waals surface area contributed by atoms with Crippen molar-refractivity contribution >= 4 is 23.2 Å². The smallest absolute Gasteiger partial charge is 0.155 e. The third-order valence-corrected chi connectivity index (χ3v) is 2.29. The standard InChI is InChI=1S/C8H2Cl2N2O2/c9-5-3(1-11)7(13)6(10)4(2-12)8(5)14/h13-14H. The molecular weight excluding hydrogens is 227 g/mol. The molecule has 0 aliphatic rings. The maximum atomic E-state index is 9.31. The second-order valence-corrected chi connectivity index (χ2v) is 3.05. The fourth-order valence-electron chi connectivity index (χ4n) is 0.868. The highest BCUT2D eigenvalue weighted by molar-refractivity contribution is 6.37. The topological polar surface area (TPSA) is 88.0 Å². The van der Waals surface area contributed by atoms with Gasteiger partial charge in [0.1, 0.15) is 33.3 Å². The predicted molar refractivity (Wildman–Crippen MR) is 49.2 cm³/mol. The summed E-state index contributed by atoms with van der Waals surface area (Å²) in [5, 5.41) is 35.0. The zero-order valence-electron chi connectivity index (χ0n) is 6.54. The van der Waals surface area contributed by atoms with E-state index in [1.165, 1.54) is 0 Å². The maximum Gasteiger partial charge on any atom is 0.155 e. The molecule has 1 rings (SSSR count). The molecule has 0 aliphatic carbocycles. The van der Waals surface area contributed by atoms with Crippen LogP contribution < -0.4 is 0 Å². The number of nitrogens with zero attached hydrogens (tertiary/aromatic N) is 2. The molecule has 0 heterocycles. The van der Waals surface area contributed by atoms with Crippen molar-refractivity contribution in [2.45, 2.75) is 0 Å². The fourth-order valence-corrected chi connectivity index (χ4v) is 1.32. The highest BCUT2D eigenvalue weighted by Crippen LogP contribution is 2.42. The Morgan fingerprint density at radius 3 is 1.36 bits per heavy atom. The third kappa shape index (κ3) is 1.31. The molecule has 1 aromatic rings. The van der Waals surface area contributed by atoms with Crippen LogP contribution in [0.15, 0.2) is 0 Å². The van der Waals surface area contributed by atoms with Crippen LogP contribution in [-0.4, -0.2) is 10.2 Å². The van der Waals surface area contributed by atoms with E-state index in [0.717, 1.165) is 0 Å². The average Bonchev–Trinajstić information content (AvgIpc) is 2.17. The number of halogens is 2. The Hall–Kier alpha value is -1.62. The Labute approximate surface area is 89.1 Å². The van der Waals surface area contributed by atoms with Gasteiger partial charge in [-0.3, -0.25) is 0 Å². The zero-order chi connectivity index (χ0) is 10.9. The van der Waals surface area contributed by atoms with Gasteiger partial charge in [0.15, 0.2) is 11.5 Å². The Balaban J connectivity index is 3.77. The minimum atomic E-state index is -0.603. The first-order chi connectivity index (χ1) is 6.54. The van der Waals surface area contributed by atoms with Gasteiger partial charge in [-0.2, -0.15) is 10.5 Å². The molecule has 0 aromatic heterocycles. The lowest BCUT2D eigenvalue weighted by atomic mass is 10.1. The molecule has 14 heavy (non-hydrogen) atoms. The number of benzene rings is 1. The van der Waals surface area contributed by atoms with Gasteiger partial charge >= 0.3 is 0 Å². The molecule has 0 unspecified atom stereocenters. The number of hydrogen-bond acceptors (Lipinski definition) is 4. The first-order valence-electron chi connectivity index (χ1n) is 3.27. The lowest BCUT2D eigenvalue weighted by molar-refractivity contribution is 0.458. The molecule has 1 aromatic carbocycles. The Kier molecular flexibility index (Phi) is 2.71. The van der Waals surface area contributed by atoms with Crippen molar-refractivity contribution in [3.8, 4) is 23.6 Å². The van der Waals surface area contributed by atoms with Crippen LogP contribution in [0.3, 0.4) is 0 Å². The van der Waals surface area contributed by atoms with Gasteiger partial charge in [-0.1, -0.05) is 23.2 Å². The van der Waals surface area contributed by atoms with E-state index < -0.39 is 11.5 Å². The summed E-state index contributed by atoms with van der Waals surface area (Å²) < 4.78 is 0. The van der Waals surface area contributed by atoms with Gasteiger partial charge in [-0.25, -0.2) is 0 Å². The summed E-state index contributed by atoms with van der Waals surface area (Å²) in [5.41, 5.74) is -0.707. The van der Waals surface area contributed by atoms with Crippen LogP contribution >= 0.6 is 23.2 Å². The van der Waals surface area contributed by atoms with Crippen LogP contribution in [0, 0.1) is 22.7 Å². The first kappa shape index (κ1) is 10.5. The fraction of sp³-hybridized carbons (Fsp3) is 0. The minimum absolute atomic E-state index is 0.354. The number of phenols is 2. The van der Waals surface area contributed by atoms with Crippen molar-refractivity contribution in [2.75, 3.05) is 0 Å². The number of phenolic OH excluding ortho intramolecular Hbond substituents is 2. The van der Waals surface area contributed by atoms with Gasteiger partial charge in [0.2, 0.25) is 0 Å². The number of hydrogen-bond donors (Lipinski definition) is 2. The zero-order valence-corrected chi connectivity index (χ0v) is 8.06. The van der Waals surface area contributed by atoms with Crippen molar-refractivity contribution in [1.82, 2.24) is 0 Å². The summed E-state index contributed by atoms with van der Waals surface area (Å²) in [6, 6.07) is 3.12. The summed E-state index contributed by atoms with van der Waals surface area (Å²) in [6.07, 6.45) is 0. The van der Waals surface area contributed by atoms with E-state index in [9.17, 15) is 10.2 Å². The van der Waals surface area contributed by atoms with E-state index in [2.05, 4.69) is 0 Å². The molecular formula is C8H2Cl2N2O2. The maximum absolute atomic E-state index is 9.31. The second-order valence-electron chi connectivity index (χ2n) is 2.30. The third-order valence-electron chi connectivity index (χ3n) is 1.55. The van der Waals surface area contributed by atoms with E-state index in [-0.39, 0.29) is 21.2 Å². The highest BCUT2D eigenvalue weighted by atomic mass is 35.5. The van der Waals surface area contributed by atoms with Crippen molar-refractivity contribution in [1.29, 1.82) is 10.5 Å². The van der Waals surface area contributed by atoms with Crippen molar-refractivity contribution in [2.24, 2.45) is 0 Å². The van der Waals surface area contributed by atoms with Crippen molar-refractivity contribution < 1.29 is 10.2 Å². The highest BCUT2D eigenvalue weighted by Gasteiger charge is 2.21. The summed E-state index contributed by atoms with van der Waals surface area (Å²) in [6.45, 7) is 0. The molecule has 2 N–H and O–H groups in total. The Morgan fingerprint density at radius 2 is 1.14 bits per heavy atom. The summed E-state index contributed by atoms with van der Waals surface area (Å²) >= 11 is 11.0. The normalized spacial score (nSPS) is 9.14. The van der Waals surface area contributed by atoms with Gasteiger partial charge in [0.05, 0.1) is 0 Å². The molecule has 0 aliphatic heterocycles. The lowest BCUT2D eigenvalue weighted by Crippen LogP contribution is -1.87. The van der Waals surface area contributed by atoms with Crippen LogP contribution in [0.1, 0.15) is 11.1 Å². The molecule has 0 saturated heterocycles. The minimum Gasteiger partial charge on any atom is -0.505 e. The average molecular weight is 229 g/mol. The Bertz CT molecular complexity index is 412. The largest absolute Gasteiger partial charge is 0.505 e. The summed E-state index contributed by atoms with van der Waals surface area (Å²) in [5.74, 6) is -1.21. The molecule has 0 amide bonds. The predicted octanol–water partition coefficient (Wildman–Crippen LogP) is 2.15. The number of nitriles is 2. The number of aromatic hydroxyl groups is 2. The van der Waals surface area contributed by atoms with Crippen LogP contribution in [-0.2, 0) is 0 Å². The lowest BCUT2D eigenvalue weighted by Gasteiger charge is -2.06. The van der Waals surface area contributed by atoms with Gasteiger partial charge < -0.3 is 10.2 Å². The summed E-state index contributed by atoms with van der Waals surface area (Å²) in [4.78, 5) is 0. The molecule has 0 bridgehead atoms. The molecule has 0 radical (unpaired) electrons. The SMILES string of the molecule is N#Cc1c(O)c(Cl)c(C#N)c(O)c1Cl. The molecule has 6 heteroatoms. The van der Waals surface area contributed by atoms with Crippen LogP contribution in [0.4, 0.5) is 0 Å². The molecule has 0 saturated carbocycles. The molecule has 0 spiro atoms. The second kappa shape index (κ2) is 3.63. The molecule has 4 nitrogen and oxygen atoms in total. The van der Waals surface area contributed by atoms with E-state index in [1.807, 2.05) is 0 Å². The van der Waals surface area contributed by atoms with Crippen molar-refractivity contribution in [3.63, 3.8) is 0 Å². The molecule has 0 atom stereocenters. The van der Waals surface area contributed by atoms with Crippen LogP contribution in [0.25, 0.3) is 0 Å². The van der Waals surface area contributed by atoms with Gasteiger partial charge in [0.25, 0.3) is 0 Å². The first-order valence-corrected chi connectivity index (χ1v) is 4.03. The monoisotopic (exact) mass is 228 g/mol. The summed E-state index contributed by atoms with van der Waals surface area (Å²) in [7, 11) is 0. The van der Waals surface area contributed by atoms with Gasteiger partial charge in [-0.05, 0) is 0 Å². The van der Waals surface area contributed by atoms with Gasteiger partial charge in [-0.15, -0.1) is 0 Å². The molecule has 0 fully saturated rings. The van der Waals surface area contributed by atoms with E-state index in [4.69, 9.17) is 33.7 Å². The number of rotatable bonds is 0. The van der Waals surface area contributed by atoms with Gasteiger partial charge in [0, 0.05) is 0 Å². The van der Waals surface area contributed by atoms with Crippen LogP contribution in [0.5, 0.6) is 11.5 Å². The van der Waals surface area contributed by atoms with E-state index in [0.29, 0.717) is 0 Å². The van der Waals surface area contributed by atoms with Crippen LogP contribution in [0.2, 0.25) is 10.0 Å².